The molecule has 0 atom stereocenters. The summed E-state index contributed by atoms with van der Waals surface area (Å²) in [5.74, 6) is 0.456. The van der Waals surface area contributed by atoms with Crippen LogP contribution >= 0.6 is 0 Å². The van der Waals surface area contributed by atoms with Gasteiger partial charge in [-0.25, -0.2) is 0 Å². The number of amides is 2. The number of benzene rings is 1. The quantitative estimate of drug-likeness (QED) is 0.913. The third-order valence-corrected chi connectivity index (χ3v) is 4.35. The first kappa shape index (κ1) is 15.0. The monoisotopic (exact) mass is 301 g/mol. The van der Waals surface area contributed by atoms with E-state index in [1.54, 1.807) is 0 Å². The summed E-state index contributed by atoms with van der Waals surface area (Å²) in [4.78, 5) is 28.3. The summed E-state index contributed by atoms with van der Waals surface area (Å²) < 4.78 is 0. The molecule has 1 aromatic rings. The molecule has 0 unspecified atom stereocenters. The number of anilines is 1. The van der Waals surface area contributed by atoms with Crippen LogP contribution in [0.2, 0.25) is 0 Å². The molecule has 5 heteroatoms. The maximum atomic E-state index is 12.3. The molecule has 22 heavy (non-hydrogen) atoms. The lowest BCUT2D eigenvalue weighted by Gasteiger charge is -2.32. The number of hydrogen-bond donors (Lipinski definition) is 1. The molecule has 1 aliphatic carbocycles. The van der Waals surface area contributed by atoms with Crippen LogP contribution in [0.5, 0.6) is 0 Å². The van der Waals surface area contributed by atoms with Crippen LogP contribution in [0.15, 0.2) is 24.3 Å². The number of piperazine rings is 1. The zero-order chi connectivity index (χ0) is 15.5. The van der Waals surface area contributed by atoms with Crippen molar-refractivity contribution in [2.24, 2.45) is 5.92 Å². The van der Waals surface area contributed by atoms with Gasteiger partial charge >= 0.3 is 0 Å². The molecule has 2 aliphatic rings. The van der Waals surface area contributed by atoms with E-state index in [1.165, 1.54) is 0 Å². The van der Waals surface area contributed by atoms with Crippen LogP contribution < -0.4 is 5.32 Å². The van der Waals surface area contributed by atoms with Gasteiger partial charge in [-0.05, 0) is 37.6 Å². The fourth-order valence-corrected chi connectivity index (χ4v) is 2.69. The van der Waals surface area contributed by atoms with Crippen molar-refractivity contribution in [1.29, 1.82) is 0 Å². The molecule has 118 valence electrons. The summed E-state index contributed by atoms with van der Waals surface area (Å²) in [5.41, 5.74) is 1.75. The molecule has 1 saturated carbocycles. The molecule has 0 spiro atoms. The summed E-state index contributed by atoms with van der Waals surface area (Å²) in [6.45, 7) is 3.47. The van der Waals surface area contributed by atoms with Crippen LogP contribution in [-0.4, -0.2) is 54.8 Å². The summed E-state index contributed by atoms with van der Waals surface area (Å²) in [5, 5.41) is 2.93. The average molecular weight is 301 g/mol. The van der Waals surface area contributed by atoms with Gasteiger partial charge in [0.25, 0.3) is 0 Å². The lowest BCUT2D eigenvalue weighted by Crippen LogP contribution is -2.47. The Kier molecular flexibility index (Phi) is 4.43. The van der Waals surface area contributed by atoms with Gasteiger partial charge in [-0.3, -0.25) is 9.59 Å². The standard InChI is InChI=1S/C17H23N3O2/c1-19-7-9-20(10-8-19)16(21)12-13-3-2-4-15(11-13)18-17(22)14-5-6-14/h2-4,11,14H,5-10,12H2,1H3,(H,18,22). The highest BCUT2D eigenvalue weighted by Gasteiger charge is 2.29. The lowest BCUT2D eigenvalue weighted by molar-refractivity contribution is -0.132. The molecule has 2 amide bonds. The van der Waals surface area contributed by atoms with Crippen LogP contribution in [0.1, 0.15) is 18.4 Å². The zero-order valence-electron chi connectivity index (χ0n) is 13.0. The van der Waals surface area contributed by atoms with E-state index in [2.05, 4.69) is 17.3 Å². The van der Waals surface area contributed by atoms with Gasteiger partial charge in [0.2, 0.25) is 11.8 Å². The fraction of sp³-hybridized carbons (Fsp3) is 0.529. The minimum atomic E-state index is 0.0996. The number of rotatable bonds is 4. The van der Waals surface area contributed by atoms with Gasteiger partial charge in [0.05, 0.1) is 6.42 Å². The van der Waals surface area contributed by atoms with E-state index in [0.717, 1.165) is 50.3 Å². The number of carbonyl (C=O) groups excluding carboxylic acids is 2. The molecule has 0 aromatic heterocycles. The average Bonchev–Trinajstić information content (AvgIpc) is 3.33. The number of nitrogens with zero attached hydrogens (tertiary/aromatic N) is 2. The molecule has 5 nitrogen and oxygen atoms in total. The molecule has 1 saturated heterocycles. The molecule has 0 bridgehead atoms. The Balaban J connectivity index is 1.57. The van der Waals surface area contributed by atoms with Gasteiger partial charge in [-0.15, -0.1) is 0 Å². The van der Waals surface area contributed by atoms with Crippen LogP contribution in [0.4, 0.5) is 5.69 Å². The van der Waals surface area contributed by atoms with E-state index < -0.39 is 0 Å². The lowest BCUT2D eigenvalue weighted by atomic mass is 10.1. The first-order chi connectivity index (χ1) is 10.6. The van der Waals surface area contributed by atoms with Crippen molar-refractivity contribution >= 4 is 17.5 Å². The van der Waals surface area contributed by atoms with Crippen LogP contribution in [-0.2, 0) is 16.0 Å². The SMILES string of the molecule is CN1CCN(C(=O)Cc2cccc(NC(=O)C3CC3)c2)CC1. The highest BCUT2D eigenvalue weighted by Crippen LogP contribution is 2.30. The molecule has 3 rings (SSSR count). The maximum absolute atomic E-state index is 12.3. The normalized spacial score (nSPS) is 19.0. The Morgan fingerprint density at radius 2 is 1.91 bits per heavy atom. The van der Waals surface area contributed by atoms with Gasteiger partial charge in [-0.2, -0.15) is 0 Å². The van der Waals surface area contributed by atoms with E-state index in [0.29, 0.717) is 6.42 Å². The largest absolute Gasteiger partial charge is 0.340 e. The first-order valence-electron chi connectivity index (χ1n) is 7.98. The van der Waals surface area contributed by atoms with Crippen LogP contribution in [0.25, 0.3) is 0 Å². The molecule has 2 fully saturated rings. The molecule has 1 aliphatic heterocycles. The number of hydrogen-bond acceptors (Lipinski definition) is 3. The first-order valence-corrected chi connectivity index (χ1v) is 7.98. The van der Waals surface area contributed by atoms with Crippen molar-refractivity contribution in [3.8, 4) is 0 Å². The Hall–Kier alpha value is -1.88. The molecule has 0 radical (unpaired) electrons. The van der Waals surface area contributed by atoms with E-state index in [9.17, 15) is 9.59 Å². The van der Waals surface area contributed by atoms with Crippen molar-refractivity contribution in [3.63, 3.8) is 0 Å². The van der Waals surface area contributed by atoms with Gasteiger partial charge in [0, 0.05) is 37.8 Å². The maximum Gasteiger partial charge on any atom is 0.227 e. The Morgan fingerprint density at radius 1 is 1.18 bits per heavy atom. The Labute approximate surface area is 131 Å². The van der Waals surface area contributed by atoms with Crippen molar-refractivity contribution in [2.75, 3.05) is 38.5 Å². The predicted octanol–water partition coefficient (Wildman–Crippen LogP) is 1.35. The summed E-state index contributed by atoms with van der Waals surface area (Å²) in [7, 11) is 2.08. The van der Waals surface area contributed by atoms with Gasteiger partial charge in [0.15, 0.2) is 0 Å². The zero-order valence-corrected chi connectivity index (χ0v) is 13.0. The number of likely N-dealkylation sites (N-methyl/N-ethyl adjacent to an activating group) is 1. The van der Waals surface area contributed by atoms with E-state index in [-0.39, 0.29) is 17.7 Å². The van der Waals surface area contributed by atoms with Crippen LogP contribution in [0.3, 0.4) is 0 Å². The van der Waals surface area contributed by atoms with Gasteiger partial charge in [-0.1, -0.05) is 12.1 Å². The van der Waals surface area contributed by atoms with Crippen molar-refractivity contribution in [1.82, 2.24) is 9.80 Å². The van der Waals surface area contributed by atoms with E-state index in [1.807, 2.05) is 29.2 Å². The molecular weight excluding hydrogens is 278 g/mol. The second-order valence-electron chi connectivity index (χ2n) is 6.32. The molecular formula is C17H23N3O2. The minimum absolute atomic E-state index is 0.0996. The number of carbonyl (C=O) groups is 2. The molecule has 1 aromatic carbocycles. The smallest absolute Gasteiger partial charge is 0.227 e. The van der Waals surface area contributed by atoms with Crippen molar-refractivity contribution in [3.05, 3.63) is 29.8 Å². The van der Waals surface area contributed by atoms with E-state index >= 15 is 0 Å². The van der Waals surface area contributed by atoms with Crippen LogP contribution in [0, 0.1) is 5.92 Å². The van der Waals surface area contributed by atoms with Crippen molar-refractivity contribution in [2.45, 2.75) is 19.3 Å². The Bertz CT molecular complexity index is 561. The fourth-order valence-electron chi connectivity index (χ4n) is 2.69. The highest BCUT2D eigenvalue weighted by molar-refractivity contribution is 5.94. The Morgan fingerprint density at radius 3 is 2.59 bits per heavy atom. The highest BCUT2D eigenvalue weighted by atomic mass is 16.2. The topological polar surface area (TPSA) is 52.6 Å². The summed E-state index contributed by atoms with van der Waals surface area (Å²) in [6, 6.07) is 7.63. The number of nitrogens with one attached hydrogen (secondary N) is 1. The second kappa shape index (κ2) is 6.48. The summed E-state index contributed by atoms with van der Waals surface area (Å²) >= 11 is 0. The van der Waals surface area contributed by atoms with Gasteiger partial charge < -0.3 is 15.1 Å². The minimum Gasteiger partial charge on any atom is -0.340 e. The third kappa shape index (κ3) is 3.85. The third-order valence-electron chi connectivity index (χ3n) is 4.35. The molecule has 1 heterocycles. The second-order valence-corrected chi connectivity index (χ2v) is 6.32. The van der Waals surface area contributed by atoms with E-state index in [4.69, 9.17) is 0 Å². The van der Waals surface area contributed by atoms with Gasteiger partial charge in [0.1, 0.15) is 0 Å². The predicted molar refractivity (Wildman–Crippen MR) is 85.6 cm³/mol. The molecule has 1 N–H and O–H groups in total. The summed E-state index contributed by atoms with van der Waals surface area (Å²) in [6.07, 6.45) is 2.39. The van der Waals surface area contributed by atoms with Crippen molar-refractivity contribution < 1.29 is 9.59 Å².